The van der Waals surface area contributed by atoms with Crippen LogP contribution in [-0.2, 0) is 4.79 Å². The smallest absolute Gasteiger partial charge is 0.263 e. The first-order valence-electron chi connectivity index (χ1n) is 5.96. The van der Waals surface area contributed by atoms with E-state index in [0.717, 1.165) is 5.56 Å². The quantitative estimate of drug-likeness (QED) is 0.837. The zero-order valence-electron chi connectivity index (χ0n) is 11.0. The number of ether oxygens (including phenoxy) is 1. The lowest BCUT2D eigenvalue weighted by Gasteiger charge is -2.10. The summed E-state index contributed by atoms with van der Waals surface area (Å²) in [7, 11) is 0. The molecule has 0 fully saturated rings. The number of halogens is 3. The van der Waals surface area contributed by atoms with E-state index < -0.39 is 0 Å². The van der Waals surface area contributed by atoms with Gasteiger partial charge in [-0.15, -0.1) is 0 Å². The van der Waals surface area contributed by atoms with Crippen LogP contribution >= 0.6 is 34.8 Å². The molecular formula is C14H11Cl3N2O2. The second kappa shape index (κ2) is 6.98. The molecule has 0 saturated carbocycles. The van der Waals surface area contributed by atoms with Gasteiger partial charge in [-0.3, -0.25) is 4.79 Å². The molecule has 110 valence electrons. The first-order chi connectivity index (χ1) is 9.97. The van der Waals surface area contributed by atoms with E-state index in [9.17, 15) is 4.79 Å². The van der Waals surface area contributed by atoms with Crippen LogP contribution in [0.1, 0.15) is 5.56 Å². The minimum atomic E-state index is -0.348. The second-order valence-electron chi connectivity index (χ2n) is 4.20. The van der Waals surface area contributed by atoms with Crippen molar-refractivity contribution in [1.29, 1.82) is 0 Å². The Balaban J connectivity index is 1.99. The molecule has 2 aromatic rings. The van der Waals surface area contributed by atoms with Crippen LogP contribution in [0.2, 0.25) is 15.1 Å². The van der Waals surface area contributed by atoms with Crippen molar-refractivity contribution >= 4 is 46.5 Å². The van der Waals surface area contributed by atoms with Crippen LogP contribution in [0.15, 0.2) is 30.5 Å². The number of nitrogens with zero attached hydrogens (tertiary/aromatic N) is 1. The predicted molar refractivity (Wildman–Crippen MR) is 84.6 cm³/mol. The van der Waals surface area contributed by atoms with Crippen molar-refractivity contribution in [2.45, 2.75) is 6.92 Å². The number of carbonyl (C=O) groups is 1. The van der Waals surface area contributed by atoms with E-state index in [4.69, 9.17) is 39.5 Å². The molecule has 1 aromatic heterocycles. The van der Waals surface area contributed by atoms with Gasteiger partial charge in [0.25, 0.3) is 5.91 Å². The molecule has 0 unspecified atom stereocenters. The van der Waals surface area contributed by atoms with Gasteiger partial charge in [0.15, 0.2) is 6.61 Å². The molecule has 0 saturated heterocycles. The van der Waals surface area contributed by atoms with Gasteiger partial charge in [-0.05, 0) is 24.6 Å². The molecule has 0 atom stereocenters. The lowest BCUT2D eigenvalue weighted by molar-refractivity contribution is -0.118. The zero-order valence-corrected chi connectivity index (χ0v) is 13.3. The SMILES string of the molecule is Cc1cccnc1NC(=O)COc1cc(Cl)c(Cl)cc1Cl. The Labute approximate surface area is 137 Å². The normalized spacial score (nSPS) is 10.3. The number of hydrogen-bond donors (Lipinski definition) is 1. The highest BCUT2D eigenvalue weighted by molar-refractivity contribution is 6.43. The zero-order chi connectivity index (χ0) is 15.4. The van der Waals surface area contributed by atoms with Gasteiger partial charge >= 0.3 is 0 Å². The summed E-state index contributed by atoms with van der Waals surface area (Å²) in [6, 6.07) is 6.56. The average Bonchev–Trinajstić information content (AvgIpc) is 2.44. The van der Waals surface area contributed by atoms with Crippen LogP contribution in [0, 0.1) is 6.92 Å². The van der Waals surface area contributed by atoms with Crippen LogP contribution < -0.4 is 10.1 Å². The lowest BCUT2D eigenvalue weighted by atomic mass is 10.3. The van der Waals surface area contributed by atoms with Crippen LogP contribution in [0.25, 0.3) is 0 Å². The van der Waals surface area contributed by atoms with Crippen molar-refractivity contribution in [1.82, 2.24) is 4.98 Å². The van der Waals surface area contributed by atoms with E-state index in [2.05, 4.69) is 10.3 Å². The number of carbonyl (C=O) groups excluding carboxylic acids is 1. The first-order valence-corrected chi connectivity index (χ1v) is 7.09. The highest BCUT2D eigenvalue weighted by Crippen LogP contribution is 2.33. The maximum Gasteiger partial charge on any atom is 0.263 e. The maximum absolute atomic E-state index is 11.8. The Morgan fingerprint density at radius 2 is 1.95 bits per heavy atom. The van der Waals surface area contributed by atoms with Crippen LogP contribution in [0.5, 0.6) is 5.75 Å². The highest BCUT2D eigenvalue weighted by atomic mass is 35.5. The molecule has 1 amide bonds. The summed E-state index contributed by atoms with van der Waals surface area (Å²) in [6.07, 6.45) is 1.60. The Morgan fingerprint density at radius 3 is 2.67 bits per heavy atom. The summed E-state index contributed by atoms with van der Waals surface area (Å²) in [5.41, 5.74) is 0.860. The molecule has 21 heavy (non-hydrogen) atoms. The van der Waals surface area contributed by atoms with E-state index in [0.29, 0.717) is 21.6 Å². The maximum atomic E-state index is 11.8. The average molecular weight is 346 g/mol. The van der Waals surface area contributed by atoms with Crippen molar-refractivity contribution in [3.63, 3.8) is 0 Å². The lowest BCUT2D eigenvalue weighted by Crippen LogP contribution is -2.21. The molecule has 0 bridgehead atoms. The number of amides is 1. The third-order valence-corrected chi connectivity index (χ3v) is 3.62. The fraction of sp³-hybridized carbons (Fsp3) is 0.143. The molecule has 1 N–H and O–H groups in total. The molecule has 0 spiro atoms. The third-order valence-electron chi connectivity index (χ3n) is 2.60. The number of nitrogens with one attached hydrogen (secondary N) is 1. The van der Waals surface area contributed by atoms with Gasteiger partial charge in [0.1, 0.15) is 11.6 Å². The summed E-state index contributed by atoms with van der Waals surface area (Å²) in [6.45, 7) is 1.63. The molecule has 4 nitrogen and oxygen atoms in total. The fourth-order valence-electron chi connectivity index (χ4n) is 1.54. The second-order valence-corrected chi connectivity index (χ2v) is 5.42. The summed E-state index contributed by atoms with van der Waals surface area (Å²) in [4.78, 5) is 15.9. The van der Waals surface area contributed by atoms with Crippen molar-refractivity contribution < 1.29 is 9.53 Å². The monoisotopic (exact) mass is 344 g/mol. The number of benzene rings is 1. The minimum Gasteiger partial charge on any atom is -0.482 e. The van der Waals surface area contributed by atoms with Crippen molar-refractivity contribution in [3.05, 3.63) is 51.1 Å². The Morgan fingerprint density at radius 1 is 1.24 bits per heavy atom. The molecule has 1 aromatic carbocycles. The highest BCUT2D eigenvalue weighted by Gasteiger charge is 2.10. The largest absolute Gasteiger partial charge is 0.482 e. The van der Waals surface area contributed by atoms with E-state index in [1.165, 1.54) is 12.1 Å². The van der Waals surface area contributed by atoms with Crippen molar-refractivity contribution in [2.24, 2.45) is 0 Å². The predicted octanol–water partition coefficient (Wildman–Crippen LogP) is 4.37. The molecule has 0 radical (unpaired) electrons. The van der Waals surface area contributed by atoms with Crippen molar-refractivity contribution in [2.75, 3.05) is 11.9 Å². The van der Waals surface area contributed by atoms with Crippen LogP contribution in [-0.4, -0.2) is 17.5 Å². The number of rotatable bonds is 4. The summed E-state index contributed by atoms with van der Waals surface area (Å²) in [5.74, 6) is 0.434. The Hall–Kier alpha value is -1.49. The molecule has 0 aliphatic rings. The van der Waals surface area contributed by atoms with Crippen molar-refractivity contribution in [3.8, 4) is 5.75 Å². The molecular weight excluding hydrogens is 335 g/mol. The standard InChI is InChI=1S/C14H11Cl3N2O2/c1-8-3-2-4-18-14(8)19-13(20)7-21-12-6-10(16)9(15)5-11(12)17/h2-6H,7H2,1H3,(H,18,19,20). The number of hydrogen-bond acceptors (Lipinski definition) is 3. The number of aromatic nitrogens is 1. The molecule has 2 rings (SSSR count). The number of aryl methyl sites for hydroxylation is 1. The first kappa shape index (κ1) is 15.9. The van der Waals surface area contributed by atoms with Gasteiger partial charge < -0.3 is 10.1 Å². The van der Waals surface area contributed by atoms with Crippen LogP contribution in [0.4, 0.5) is 5.82 Å². The molecule has 1 heterocycles. The van der Waals surface area contributed by atoms with Gasteiger partial charge in [-0.25, -0.2) is 4.98 Å². The van der Waals surface area contributed by atoms with Gasteiger partial charge in [0.05, 0.1) is 15.1 Å². The van der Waals surface area contributed by atoms with Gasteiger partial charge in [-0.2, -0.15) is 0 Å². The molecule has 0 aliphatic carbocycles. The van der Waals surface area contributed by atoms with Gasteiger partial charge in [0.2, 0.25) is 0 Å². The minimum absolute atomic E-state index is 0.215. The van der Waals surface area contributed by atoms with E-state index >= 15 is 0 Å². The number of anilines is 1. The Bertz CT molecular complexity index is 677. The molecule has 0 aliphatic heterocycles. The fourth-order valence-corrected chi connectivity index (χ4v) is 2.13. The van der Waals surface area contributed by atoms with Gasteiger partial charge in [0, 0.05) is 12.3 Å². The summed E-state index contributed by atoms with van der Waals surface area (Å²) in [5, 5.41) is 3.56. The van der Waals surface area contributed by atoms with Crippen LogP contribution in [0.3, 0.4) is 0 Å². The summed E-state index contributed by atoms with van der Waals surface area (Å²) < 4.78 is 5.33. The summed E-state index contributed by atoms with van der Waals surface area (Å²) >= 11 is 17.6. The Kier molecular flexibility index (Phi) is 5.28. The third kappa shape index (κ3) is 4.24. The van der Waals surface area contributed by atoms with Gasteiger partial charge in [-0.1, -0.05) is 40.9 Å². The molecule has 7 heteroatoms. The topological polar surface area (TPSA) is 51.2 Å². The van der Waals surface area contributed by atoms with E-state index in [1.54, 1.807) is 12.3 Å². The number of pyridine rings is 1. The van der Waals surface area contributed by atoms with E-state index in [-0.39, 0.29) is 17.5 Å². The van der Waals surface area contributed by atoms with E-state index in [1.807, 2.05) is 13.0 Å².